The van der Waals surface area contributed by atoms with Crippen molar-refractivity contribution in [3.8, 4) is 0 Å². The van der Waals surface area contributed by atoms with Gasteiger partial charge in [-0.3, -0.25) is 4.79 Å². The minimum atomic E-state index is -0.849. The SMILES string of the molecule is CCN(CCCO)C(=O)C1(C(N)=NO)CCCCC1. The minimum Gasteiger partial charge on any atom is -0.409 e. The molecule has 0 aromatic carbocycles. The van der Waals surface area contributed by atoms with Gasteiger partial charge in [0.25, 0.3) is 0 Å². The van der Waals surface area contributed by atoms with Crippen molar-refractivity contribution in [2.75, 3.05) is 19.7 Å². The number of carbonyl (C=O) groups is 1. The van der Waals surface area contributed by atoms with Gasteiger partial charge in [0, 0.05) is 19.7 Å². The van der Waals surface area contributed by atoms with E-state index in [9.17, 15) is 4.79 Å². The molecule has 1 amide bonds. The standard InChI is InChI=1S/C13H25N3O3/c1-2-16(9-6-10-17)12(18)13(11(14)15-19)7-4-3-5-8-13/h17,19H,2-10H2,1H3,(H2,14,15). The Morgan fingerprint density at radius 1 is 1.37 bits per heavy atom. The molecule has 1 aliphatic rings. The third-order valence-corrected chi connectivity index (χ3v) is 3.97. The number of aliphatic hydroxyl groups excluding tert-OH is 1. The number of amidine groups is 1. The molecule has 110 valence electrons. The van der Waals surface area contributed by atoms with Gasteiger partial charge in [-0.15, -0.1) is 0 Å². The summed E-state index contributed by atoms with van der Waals surface area (Å²) < 4.78 is 0. The van der Waals surface area contributed by atoms with Gasteiger partial charge in [-0.2, -0.15) is 0 Å². The minimum absolute atomic E-state index is 0.0275. The molecule has 1 fully saturated rings. The van der Waals surface area contributed by atoms with Crippen molar-refractivity contribution in [3.63, 3.8) is 0 Å². The lowest BCUT2D eigenvalue weighted by atomic mass is 9.72. The summed E-state index contributed by atoms with van der Waals surface area (Å²) in [6, 6.07) is 0. The first-order valence-corrected chi connectivity index (χ1v) is 7.00. The highest BCUT2D eigenvalue weighted by Crippen LogP contribution is 2.38. The molecule has 0 unspecified atom stereocenters. The summed E-state index contributed by atoms with van der Waals surface area (Å²) in [5, 5.41) is 21.0. The second-order valence-electron chi connectivity index (χ2n) is 5.09. The summed E-state index contributed by atoms with van der Waals surface area (Å²) >= 11 is 0. The van der Waals surface area contributed by atoms with Gasteiger partial charge >= 0.3 is 0 Å². The van der Waals surface area contributed by atoms with Gasteiger partial charge in [0.05, 0.1) is 0 Å². The number of nitrogens with two attached hydrogens (primary N) is 1. The van der Waals surface area contributed by atoms with Crippen LogP contribution in [0.5, 0.6) is 0 Å². The van der Waals surface area contributed by atoms with Gasteiger partial charge in [0.2, 0.25) is 5.91 Å². The Morgan fingerprint density at radius 2 is 2.00 bits per heavy atom. The van der Waals surface area contributed by atoms with Gasteiger partial charge < -0.3 is 20.9 Å². The zero-order valence-electron chi connectivity index (χ0n) is 11.6. The Labute approximate surface area is 114 Å². The molecule has 0 saturated heterocycles. The van der Waals surface area contributed by atoms with Crippen LogP contribution < -0.4 is 5.73 Å². The van der Waals surface area contributed by atoms with Crippen molar-refractivity contribution in [2.45, 2.75) is 45.4 Å². The third-order valence-electron chi connectivity index (χ3n) is 3.97. The first-order valence-electron chi connectivity index (χ1n) is 7.00. The molecule has 0 aliphatic heterocycles. The van der Waals surface area contributed by atoms with E-state index in [4.69, 9.17) is 16.0 Å². The van der Waals surface area contributed by atoms with Crippen LogP contribution in [0.15, 0.2) is 5.16 Å². The van der Waals surface area contributed by atoms with Crippen LogP contribution in [0.1, 0.15) is 45.4 Å². The number of rotatable bonds is 6. The first kappa shape index (κ1) is 15.8. The smallest absolute Gasteiger partial charge is 0.236 e. The van der Waals surface area contributed by atoms with Crippen molar-refractivity contribution >= 4 is 11.7 Å². The molecule has 0 aromatic rings. The number of hydrogen-bond donors (Lipinski definition) is 3. The molecule has 4 N–H and O–H groups in total. The van der Waals surface area contributed by atoms with E-state index in [1.807, 2.05) is 6.92 Å². The van der Waals surface area contributed by atoms with Gasteiger partial charge in [0.1, 0.15) is 5.41 Å². The molecule has 0 bridgehead atoms. The maximum absolute atomic E-state index is 12.7. The van der Waals surface area contributed by atoms with E-state index in [1.54, 1.807) is 4.90 Å². The summed E-state index contributed by atoms with van der Waals surface area (Å²) in [5.74, 6) is -0.0434. The summed E-state index contributed by atoms with van der Waals surface area (Å²) in [6.45, 7) is 3.03. The number of oxime groups is 1. The Kier molecular flexibility index (Phi) is 6.08. The Bertz CT molecular complexity index is 325. The van der Waals surface area contributed by atoms with Crippen molar-refractivity contribution in [3.05, 3.63) is 0 Å². The van der Waals surface area contributed by atoms with Gasteiger partial charge in [-0.05, 0) is 26.2 Å². The predicted octanol–water partition coefficient (Wildman–Crippen LogP) is 0.914. The van der Waals surface area contributed by atoms with E-state index < -0.39 is 5.41 Å². The summed E-state index contributed by atoms with van der Waals surface area (Å²) in [7, 11) is 0. The summed E-state index contributed by atoms with van der Waals surface area (Å²) in [4.78, 5) is 14.4. The molecule has 1 aliphatic carbocycles. The average Bonchev–Trinajstić information content (AvgIpc) is 2.47. The van der Waals surface area contributed by atoms with Crippen LogP contribution in [0.3, 0.4) is 0 Å². The highest BCUT2D eigenvalue weighted by molar-refractivity contribution is 6.06. The van der Waals surface area contributed by atoms with Crippen molar-refractivity contribution in [1.82, 2.24) is 4.90 Å². The predicted molar refractivity (Wildman–Crippen MR) is 72.9 cm³/mol. The van der Waals surface area contributed by atoms with E-state index in [2.05, 4.69) is 5.16 Å². The van der Waals surface area contributed by atoms with E-state index in [0.717, 1.165) is 19.3 Å². The molecule has 1 saturated carbocycles. The molecule has 0 spiro atoms. The van der Waals surface area contributed by atoms with Gasteiger partial charge in [-0.1, -0.05) is 24.4 Å². The maximum atomic E-state index is 12.7. The van der Waals surface area contributed by atoms with Gasteiger partial charge in [0.15, 0.2) is 5.84 Å². The Hall–Kier alpha value is -1.30. The van der Waals surface area contributed by atoms with Crippen LogP contribution in [0.2, 0.25) is 0 Å². The Morgan fingerprint density at radius 3 is 2.47 bits per heavy atom. The van der Waals surface area contributed by atoms with Gasteiger partial charge in [-0.25, -0.2) is 0 Å². The molecular formula is C13H25N3O3. The fourth-order valence-corrected chi connectivity index (χ4v) is 2.80. The molecule has 0 radical (unpaired) electrons. The number of amides is 1. The molecule has 0 aromatic heterocycles. The highest BCUT2D eigenvalue weighted by atomic mass is 16.4. The second-order valence-corrected chi connectivity index (χ2v) is 5.09. The summed E-state index contributed by atoms with van der Waals surface area (Å²) in [6.07, 6.45) is 4.73. The monoisotopic (exact) mass is 271 g/mol. The lowest BCUT2D eigenvalue weighted by molar-refractivity contribution is -0.140. The van der Waals surface area contributed by atoms with E-state index in [1.165, 1.54) is 0 Å². The molecule has 6 nitrogen and oxygen atoms in total. The molecular weight excluding hydrogens is 246 g/mol. The number of hydrogen-bond acceptors (Lipinski definition) is 4. The molecule has 1 rings (SSSR count). The number of carbonyl (C=O) groups excluding carboxylic acids is 1. The van der Waals surface area contributed by atoms with Crippen LogP contribution >= 0.6 is 0 Å². The fraction of sp³-hybridized carbons (Fsp3) is 0.846. The second kappa shape index (κ2) is 7.33. The quantitative estimate of drug-likeness (QED) is 0.289. The molecule has 6 heteroatoms. The number of nitrogens with zero attached hydrogens (tertiary/aromatic N) is 2. The first-order chi connectivity index (χ1) is 9.12. The van der Waals surface area contributed by atoms with Crippen molar-refractivity contribution < 1.29 is 15.1 Å². The maximum Gasteiger partial charge on any atom is 0.236 e. The van der Waals surface area contributed by atoms with E-state index >= 15 is 0 Å². The van der Waals surface area contributed by atoms with E-state index in [-0.39, 0.29) is 18.3 Å². The lowest BCUT2D eigenvalue weighted by Crippen LogP contribution is -2.52. The molecule has 0 atom stereocenters. The average molecular weight is 271 g/mol. The van der Waals surface area contributed by atoms with Crippen LogP contribution in [0.4, 0.5) is 0 Å². The van der Waals surface area contributed by atoms with Crippen LogP contribution in [0.25, 0.3) is 0 Å². The zero-order chi connectivity index (χ0) is 14.3. The third kappa shape index (κ3) is 3.37. The van der Waals surface area contributed by atoms with Crippen molar-refractivity contribution in [2.24, 2.45) is 16.3 Å². The topological polar surface area (TPSA) is 99.2 Å². The molecule has 19 heavy (non-hydrogen) atoms. The van der Waals surface area contributed by atoms with Crippen LogP contribution in [-0.2, 0) is 4.79 Å². The fourth-order valence-electron chi connectivity index (χ4n) is 2.80. The van der Waals surface area contributed by atoms with Crippen molar-refractivity contribution in [1.29, 1.82) is 0 Å². The highest BCUT2D eigenvalue weighted by Gasteiger charge is 2.45. The summed E-state index contributed by atoms with van der Waals surface area (Å²) in [5.41, 5.74) is 4.96. The lowest BCUT2D eigenvalue weighted by Gasteiger charge is -2.38. The van der Waals surface area contributed by atoms with E-state index in [0.29, 0.717) is 32.4 Å². The number of aliphatic hydroxyl groups is 1. The zero-order valence-corrected chi connectivity index (χ0v) is 11.6. The normalized spacial score (nSPS) is 19.2. The molecule has 0 heterocycles. The largest absolute Gasteiger partial charge is 0.409 e. The van der Waals surface area contributed by atoms with Crippen LogP contribution in [0, 0.1) is 5.41 Å². The Balaban J connectivity index is 2.93. The van der Waals surface area contributed by atoms with Crippen LogP contribution in [-0.4, -0.2) is 46.7 Å².